The van der Waals surface area contributed by atoms with Crippen molar-refractivity contribution in [2.75, 3.05) is 11.1 Å². The van der Waals surface area contributed by atoms with Crippen molar-refractivity contribution in [2.24, 2.45) is 0 Å². The molecule has 2 rings (SSSR count). The Morgan fingerprint density at radius 3 is 2.67 bits per heavy atom. The van der Waals surface area contributed by atoms with E-state index in [1.165, 1.54) is 12.1 Å². The SMILES string of the molecule is CCCc1cc(C(=O)Nc2ccc(F)c(F)c2)cc(N)n1. The van der Waals surface area contributed by atoms with Crippen molar-refractivity contribution < 1.29 is 13.6 Å². The van der Waals surface area contributed by atoms with Crippen LogP contribution in [0.1, 0.15) is 29.4 Å². The number of carbonyl (C=O) groups is 1. The van der Waals surface area contributed by atoms with Gasteiger partial charge in [0.05, 0.1) is 0 Å². The summed E-state index contributed by atoms with van der Waals surface area (Å²) in [5.74, 6) is -2.19. The summed E-state index contributed by atoms with van der Waals surface area (Å²) in [6.07, 6.45) is 1.58. The van der Waals surface area contributed by atoms with Gasteiger partial charge in [-0.3, -0.25) is 4.79 Å². The van der Waals surface area contributed by atoms with Gasteiger partial charge in [0.2, 0.25) is 0 Å². The first-order valence-corrected chi connectivity index (χ1v) is 6.52. The number of nitrogens with one attached hydrogen (secondary N) is 1. The number of hydrogen-bond donors (Lipinski definition) is 2. The van der Waals surface area contributed by atoms with E-state index in [4.69, 9.17) is 5.73 Å². The Kier molecular flexibility index (Phi) is 4.47. The zero-order chi connectivity index (χ0) is 15.4. The predicted molar refractivity (Wildman–Crippen MR) is 77.0 cm³/mol. The molecule has 110 valence electrons. The summed E-state index contributed by atoms with van der Waals surface area (Å²) in [5, 5.41) is 2.49. The fourth-order valence-corrected chi connectivity index (χ4v) is 1.90. The summed E-state index contributed by atoms with van der Waals surface area (Å²) in [4.78, 5) is 16.2. The van der Waals surface area contributed by atoms with E-state index in [1.807, 2.05) is 6.92 Å². The summed E-state index contributed by atoms with van der Waals surface area (Å²) in [6.45, 7) is 1.99. The summed E-state index contributed by atoms with van der Waals surface area (Å²) in [6, 6.07) is 6.23. The Hall–Kier alpha value is -2.50. The number of carbonyl (C=O) groups excluding carboxylic acids is 1. The number of anilines is 2. The molecular weight excluding hydrogens is 276 g/mol. The van der Waals surface area contributed by atoms with E-state index in [9.17, 15) is 13.6 Å². The zero-order valence-corrected chi connectivity index (χ0v) is 11.5. The molecule has 2 aromatic rings. The lowest BCUT2D eigenvalue weighted by Gasteiger charge is -2.08. The van der Waals surface area contributed by atoms with Crippen LogP contribution in [-0.2, 0) is 6.42 Å². The molecule has 0 saturated carbocycles. The summed E-state index contributed by atoms with van der Waals surface area (Å²) >= 11 is 0. The van der Waals surface area contributed by atoms with Gasteiger partial charge >= 0.3 is 0 Å². The van der Waals surface area contributed by atoms with Gasteiger partial charge in [-0.25, -0.2) is 13.8 Å². The van der Waals surface area contributed by atoms with Crippen LogP contribution in [0.3, 0.4) is 0 Å². The number of nitrogens with zero attached hydrogens (tertiary/aromatic N) is 1. The fraction of sp³-hybridized carbons (Fsp3) is 0.200. The van der Waals surface area contributed by atoms with E-state index < -0.39 is 17.5 Å². The van der Waals surface area contributed by atoms with Crippen LogP contribution in [0.15, 0.2) is 30.3 Å². The number of nitrogens with two attached hydrogens (primary N) is 1. The first kappa shape index (κ1) is 14.9. The van der Waals surface area contributed by atoms with Crippen LogP contribution >= 0.6 is 0 Å². The van der Waals surface area contributed by atoms with E-state index in [0.717, 1.165) is 18.6 Å². The van der Waals surface area contributed by atoms with Crippen LogP contribution in [-0.4, -0.2) is 10.9 Å². The smallest absolute Gasteiger partial charge is 0.255 e. The molecule has 6 heteroatoms. The molecule has 0 aliphatic rings. The lowest BCUT2D eigenvalue weighted by molar-refractivity contribution is 0.102. The van der Waals surface area contributed by atoms with Gasteiger partial charge in [0.1, 0.15) is 5.82 Å². The third-order valence-electron chi connectivity index (χ3n) is 2.84. The third kappa shape index (κ3) is 3.75. The van der Waals surface area contributed by atoms with Gasteiger partial charge in [0.15, 0.2) is 11.6 Å². The molecule has 0 spiro atoms. The van der Waals surface area contributed by atoms with E-state index >= 15 is 0 Å². The average molecular weight is 291 g/mol. The number of nitrogen functional groups attached to an aromatic ring is 1. The zero-order valence-electron chi connectivity index (χ0n) is 11.5. The maximum absolute atomic E-state index is 13.1. The maximum atomic E-state index is 13.1. The summed E-state index contributed by atoms with van der Waals surface area (Å²) in [5.41, 5.74) is 6.88. The minimum atomic E-state index is -1.02. The van der Waals surface area contributed by atoms with E-state index in [1.54, 1.807) is 6.07 Å². The number of amides is 1. The van der Waals surface area contributed by atoms with Crippen molar-refractivity contribution >= 4 is 17.4 Å². The van der Waals surface area contributed by atoms with Crippen LogP contribution in [0, 0.1) is 11.6 Å². The predicted octanol–water partition coefficient (Wildman–Crippen LogP) is 3.15. The second-order valence-corrected chi connectivity index (χ2v) is 4.61. The molecule has 0 atom stereocenters. The van der Waals surface area contributed by atoms with Gasteiger partial charge in [0, 0.05) is 23.0 Å². The molecule has 3 N–H and O–H groups in total. The fourth-order valence-electron chi connectivity index (χ4n) is 1.90. The van der Waals surface area contributed by atoms with Gasteiger partial charge in [-0.15, -0.1) is 0 Å². The summed E-state index contributed by atoms with van der Waals surface area (Å²) < 4.78 is 25.9. The second-order valence-electron chi connectivity index (χ2n) is 4.61. The molecule has 4 nitrogen and oxygen atoms in total. The summed E-state index contributed by atoms with van der Waals surface area (Å²) in [7, 11) is 0. The van der Waals surface area contributed by atoms with Crippen LogP contribution < -0.4 is 11.1 Å². The van der Waals surface area contributed by atoms with E-state index in [0.29, 0.717) is 17.7 Å². The molecule has 0 fully saturated rings. The molecule has 1 aromatic heterocycles. The van der Waals surface area contributed by atoms with Crippen molar-refractivity contribution in [3.63, 3.8) is 0 Å². The number of hydrogen-bond acceptors (Lipinski definition) is 3. The van der Waals surface area contributed by atoms with Gasteiger partial charge in [-0.2, -0.15) is 0 Å². The number of pyridine rings is 1. The highest BCUT2D eigenvalue weighted by Crippen LogP contribution is 2.16. The van der Waals surface area contributed by atoms with Crippen LogP contribution in [0.25, 0.3) is 0 Å². The quantitative estimate of drug-likeness (QED) is 0.909. The molecule has 0 saturated heterocycles. The first-order chi connectivity index (χ1) is 9.99. The molecule has 1 amide bonds. The van der Waals surface area contributed by atoms with Crippen molar-refractivity contribution in [3.8, 4) is 0 Å². The van der Waals surface area contributed by atoms with Crippen LogP contribution in [0.2, 0.25) is 0 Å². The second kappa shape index (κ2) is 6.30. The number of halogens is 2. The van der Waals surface area contributed by atoms with E-state index in [2.05, 4.69) is 10.3 Å². The average Bonchev–Trinajstić information content (AvgIpc) is 2.42. The van der Waals surface area contributed by atoms with Gasteiger partial charge < -0.3 is 11.1 Å². The Morgan fingerprint density at radius 1 is 1.24 bits per heavy atom. The van der Waals surface area contributed by atoms with Gasteiger partial charge in [0.25, 0.3) is 5.91 Å². The normalized spacial score (nSPS) is 10.4. The molecule has 0 bridgehead atoms. The van der Waals surface area contributed by atoms with Gasteiger partial charge in [-0.1, -0.05) is 13.3 Å². The van der Waals surface area contributed by atoms with Crippen molar-refractivity contribution in [1.29, 1.82) is 0 Å². The molecular formula is C15H15F2N3O. The number of benzene rings is 1. The lowest BCUT2D eigenvalue weighted by atomic mass is 10.1. The Morgan fingerprint density at radius 2 is 2.00 bits per heavy atom. The molecule has 0 unspecified atom stereocenters. The number of aromatic nitrogens is 1. The molecule has 21 heavy (non-hydrogen) atoms. The minimum absolute atomic E-state index is 0.173. The van der Waals surface area contributed by atoms with E-state index in [-0.39, 0.29) is 11.5 Å². The molecule has 1 heterocycles. The third-order valence-corrected chi connectivity index (χ3v) is 2.84. The van der Waals surface area contributed by atoms with Gasteiger partial charge in [-0.05, 0) is 30.7 Å². The van der Waals surface area contributed by atoms with Crippen LogP contribution in [0.5, 0.6) is 0 Å². The largest absolute Gasteiger partial charge is 0.384 e. The lowest BCUT2D eigenvalue weighted by Crippen LogP contribution is -2.13. The highest BCUT2D eigenvalue weighted by atomic mass is 19.2. The van der Waals surface area contributed by atoms with Crippen molar-refractivity contribution in [3.05, 3.63) is 53.2 Å². The van der Waals surface area contributed by atoms with Crippen molar-refractivity contribution in [1.82, 2.24) is 4.98 Å². The Labute approximate surface area is 121 Å². The minimum Gasteiger partial charge on any atom is -0.384 e. The monoisotopic (exact) mass is 291 g/mol. The molecule has 0 radical (unpaired) electrons. The molecule has 0 aliphatic carbocycles. The topological polar surface area (TPSA) is 68.0 Å². The van der Waals surface area contributed by atoms with Crippen molar-refractivity contribution in [2.45, 2.75) is 19.8 Å². The number of rotatable bonds is 4. The Balaban J connectivity index is 2.21. The maximum Gasteiger partial charge on any atom is 0.255 e. The highest BCUT2D eigenvalue weighted by molar-refractivity contribution is 6.04. The highest BCUT2D eigenvalue weighted by Gasteiger charge is 2.11. The standard InChI is InChI=1S/C15H15F2N3O/c1-2-3-10-6-9(7-14(18)19-10)15(21)20-11-4-5-12(16)13(17)8-11/h4-8H,2-3H2,1H3,(H2,18,19)(H,20,21). The Bertz CT molecular complexity index is 674. The number of aryl methyl sites for hydroxylation is 1. The first-order valence-electron chi connectivity index (χ1n) is 6.52. The molecule has 0 aliphatic heterocycles. The van der Waals surface area contributed by atoms with Crippen LogP contribution in [0.4, 0.5) is 20.3 Å². The molecule has 1 aromatic carbocycles.